The third-order valence-corrected chi connectivity index (χ3v) is 6.40. The molecule has 32 heavy (non-hydrogen) atoms. The van der Waals surface area contributed by atoms with Gasteiger partial charge in [-0.05, 0) is 24.3 Å². The molecule has 0 fully saturated rings. The van der Waals surface area contributed by atoms with Crippen LogP contribution in [0.25, 0.3) is 42.7 Å². The van der Waals surface area contributed by atoms with Gasteiger partial charge in [0.2, 0.25) is 11.8 Å². The van der Waals surface area contributed by atoms with Crippen LogP contribution < -0.4 is 4.74 Å². The van der Waals surface area contributed by atoms with Crippen LogP contribution in [-0.4, -0.2) is 15.0 Å². The second-order valence-corrected chi connectivity index (χ2v) is 8.46. The maximum atomic E-state index is 6.01. The molecule has 0 aliphatic rings. The molecule has 4 aromatic heterocycles. The Kier molecular flexibility index (Phi) is 4.59. The number of hydrogen-bond acceptors (Lipinski definition) is 5. The highest BCUT2D eigenvalue weighted by atomic mass is 32.1. The fourth-order valence-corrected chi connectivity index (χ4v) is 4.88. The average molecular weight is 432 g/mol. The van der Waals surface area contributed by atoms with Crippen molar-refractivity contribution in [2.75, 3.05) is 0 Å². The van der Waals surface area contributed by atoms with Crippen LogP contribution in [0.15, 0.2) is 103 Å². The Balaban J connectivity index is 1.32. The van der Waals surface area contributed by atoms with Crippen molar-refractivity contribution in [3.8, 4) is 34.3 Å². The van der Waals surface area contributed by atoms with Gasteiger partial charge in [-0.15, -0.1) is 11.3 Å². The van der Waals surface area contributed by atoms with Crippen LogP contribution >= 0.6 is 11.3 Å². The summed E-state index contributed by atoms with van der Waals surface area (Å²) in [4.78, 5) is 13.6. The second-order valence-electron chi connectivity index (χ2n) is 7.38. The van der Waals surface area contributed by atoms with Crippen molar-refractivity contribution >= 4 is 31.5 Å². The van der Waals surface area contributed by atoms with Crippen LogP contribution in [0.4, 0.5) is 0 Å². The van der Waals surface area contributed by atoms with Gasteiger partial charge >= 0.3 is 0 Å². The van der Waals surface area contributed by atoms with Gasteiger partial charge in [0.1, 0.15) is 0 Å². The summed E-state index contributed by atoms with van der Waals surface area (Å²) in [5.41, 5.74) is 3.82. The Morgan fingerprint density at radius 3 is 2.09 bits per heavy atom. The van der Waals surface area contributed by atoms with E-state index in [1.54, 1.807) is 11.3 Å². The molecule has 0 saturated carbocycles. The Morgan fingerprint density at radius 1 is 0.594 bits per heavy atom. The number of benzene rings is 2. The Morgan fingerprint density at radius 2 is 1.31 bits per heavy atom. The summed E-state index contributed by atoms with van der Waals surface area (Å²) >= 11 is 1.75. The molecule has 0 atom stereocenters. The maximum Gasteiger partial charge on any atom is 0.221 e. The predicted octanol–water partition coefficient (Wildman–Crippen LogP) is 7.37. The van der Waals surface area contributed by atoms with Gasteiger partial charge in [-0.1, -0.05) is 54.6 Å². The summed E-state index contributed by atoms with van der Waals surface area (Å²) in [6.07, 6.45) is 3.76. The van der Waals surface area contributed by atoms with Gasteiger partial charge in [-0.3, -0.25) is 4.98 Å². The Bertz CT molecular complexity index is 1560. The number of nitrogens with zero attached hydrogens (tertiary/aromatic N) is 3. The second kappa shape index (κ2) is 7.87. The van der Waals surface area contributed by atoms with E-state index in [2.05, 4.69) is 34.2 Å². The first-order valence-corrected chi connectivity index (χ1v) is 11.1. The molecule has 0 aliphatic heterocycles. The van der Waals surface area contributed by atoms with Crippen molar-refractivity contribution in [1.82, 2.24) is 15.0 Å². The van der Waals surface area contributed by atoms with E-state index in [4.69, 9.17) is 9.72 Å². The highest BCUT2D eigenvalue weighted by molar-refractivity contribution is 7.25. The van der Waals surface area contributed by atoms with Crippen molar-refractivity contribution in [3.63, 3.8) is 0 Å². The minimum atomic E-state index is 0.515. The number of aromatic nitrogens is 3. The largest absolute Gasteiger partial charge is 0.421 e. The van der Waals surface area contributed by atoms with E-state index in [1.807, 2.05) is 79.1 Å². The van der Waals surface area contributed by atoms with E-state index < -0.39 is 0 Å². The smallest absolute Gasteiger partial charge is 0.221 e. The highest BCUT2D eigenvalue weighted by Crippen LogP contribution is 2.35. The normalized spacial score (nSPS) is 11.1. The van der Waals surface area contributed by atoms with Crippen LogP contribution in [-0.2, 0) is 0 Å². The minimum absolute atomic E-state index is 0.515. The average Bonchev–Trinajstić information content (AvgIpc) is 3.23. The van der Waals surface area contributed by atoms with Gasteiger partial charge in [0.05, 0.1) is 16.1 Å². The van der Waals surface area contributed by atoms with Gasteiger partial charge in [0.25, 0.3) is 0 Å². The molecule has 0 bridgehead atoms. The fourth-order valence-electron chi connectivity index (χ4n) is 3.77. The lowest BCUT2D eigenvalue weighted by molar-refractivity contribution is 0.446. The summed E-state index contributed by atoms with van der Waals surface area (Å²) in [6.45, 7) is 0. The molecule has 0 unspecified atom stereocenters. The number of thiophene rings is 1. The summed E-state index contributed by atoms with van der Waals surface area (Å²) in [7, 11) is 0. The molecule has 0 spiro atoms. The van der Waals surface area contributed by atoms with Crippen molar-refractivity contribution in [3.05, 3.63) is 103 Å². The molecule has 0 N–H and O–H groups in total. The van der Waals surface area contributed by atoms with E-state index in [9.17, 15) is 0 Å². The van der Waals surface area contributed by atoms with Crippen LogP contribution in [0.5, 0.6) is 11.8 Å². The Hall–Kier alpha value is -4.09. The van der Waals surface area contributed by atoms with Crippen molar-refractivity contribution in [2.45, 2.75) is 0 Å². The van der Waals surface area contributed by atoms with E-state index in [-0.39, 0.29) is 0 Å². The van der Waals surface area contributed by atoms with Crippen molar-refractivity contribution in [2.24, 2.45) is 0 Å². The monoisotopic (exact) mass is 431 g/mol. The zero-order valence-corrected chi connectivity index (χ0v) is 17.8. The Labute approximate surface area is 188 Å². The van der Waals surface area contributed by atoms with Crippen LogP contribution in [0.2, 0.25) is 0 Å². The van der Waals surface area contributed by atoms with Crippen LogP contribution in [0, 0.1) is 0 Å². The zero-order chi connectivity index (χ0) is 21.3. The number of hydrogen-bond donors (Lipinski definition) is 0. The predicted molar refractivity (Wildman–Crippen MR) is 130 cm³/mol. The lowest BCUT2D eigenvalue weighted by Gasteiger charge is -2.08. The SMILES string of the molecule is c1ccc(-c2cccc(Oc3cccc(-c4ccc5c(c4)sc4cnccc45)n3)n2)cc1. The number of pyridine rings is 3. The minimum Gasteiger partial charge on any atom is -0.421 e. The van der Waals surface area contributed by atoms with Gasteiger partial charge in [0, 0.05) is 51.1 Å². The molecule has 5 heteroatoms. The third-order valence-electron chi connectivity index (χ3n) is 5.30. The first-order chi connectivity index (χ1) is 15.8. The number of fused-ring (bicyclic) bond motifs is 3. The van der Waals surface area contributed by atoms with Gasteiger partial charge < -0.3 is 4.74 Å². The molecule has 4 heterocycles. The van der Waals surface area contributed by atoms with Crippen molar-refractivity contribution < 1.29 is 4.74 Å². The summed E-state index contributed by atoms with van der Waals surface area (Å²) in [6, 6.07) is 30.1. The summed E-state index contributed by atoms with van der Waals surface area (Å²) < 4.78 is 8.42. The molecule has 6 rings (SSSR count). The van der Waals surface area contributed by atoms with E-state index in [0.29, 0.717) is 11.8 Å². The number of rotatable bonds is 4. The summed E-state index contributed by atoms with van der Waals surface area (Å²) in [5, 5.41) is 2.48. The van der Waals surface area contributed by atoms with Gasteiger partial charge in [0.15, 0.2) is 0 Å². The van der Waals surface area contributed by atoms with Gasteiger partial charge in [-0.2, -0.15) is 0 Å². The fraction of sp³-hybridized carbons (Fsp3) is 0. The lowest BCUT2D eigenvalue weighted by Crippen LogP contribution is -1.93. The van der Waals surface area contributed by atoms with E-state index in [0.717, 1.165) is 22.5 Å². The quantitative estimate of drug-likeness (QED) is 0.292. The topological polar surface area (TPSA) is 47.9 Å². The molecule has 152 valence electrons. The molecule has 2 aromatic carbocycles. The molecule has 0 amide bonds. The van der Waals surface area contributed by atoms with E-state index in [1.165, 1.54) is 20.2 Å². The molecule has 4 nitrogen and oxygen atoms in total. The zero-order valence-electron chi connectivity index (χ0n) is 17.0. The molecular formula is C27H17N3OS. The molecule has 6 aromatic rings. The van der Waals surface area contributed by atoms with Gasteiger partial charge in [-0.25, -0.2) is 9.97 Å². The lowest BCUT2D eigenvalue weighted by atomic mass is 10.1. The van der Waals surface area contributed by atoms with Crippen LogP contribution in [0.3, 0.4) is 0 Å². The molecule has 0 saturated heterocycles. The molecular weight excluding hydrogens is 414 g/mol. The number of ether oxygens (including phenoxy) is 1. The van der Waals surface area contributed by atoms with Crippen molar-refractivity contribution in [1.29, 1.82) is 0 Å². The standard InChI is InChI=1S/C27H17N3OS/c1-2-6-18(7-3-1)22-8-4-10-26(29-22)31-27-11-5-9-23(30-27)19-12-13-20-21-14-15-28-17-25(21)32-24(20)16-19/h1-17H. The van der Waals surface area contributed by atoms with E-state index >= 15 is 0 Å². The summed E-state index contributed by atoms with van der Waals surface area (Å²) in [5.74, 6) is 1.03. The third kappa shape index (κ3) is 3.49. The molecule has 0 aliphatic carbocycles. The molecule has 0 radical (unpaired) electrons. The first kappa shape index (κ1) is 18.7. The first-order valence-electron chi connectivity index (χ1n) is 10.3. The highest BCUT2D eigenvalue weighted by Gasteiger charge is 2.09. The maximum absolute atomic E-state index is 6.01. The van der Waals surface area contributed by atoms with Crippen LogP contribution in [0.1, 0.15) is 0 Å².